The van der Waals surface area contributed by atoms with Gasteiger partial charge in [0.15, 0.2) is 5.69 Å². The van der Waals surface area contributed by atoms with Crippen molar-refractivity contribution in [2.24, 2.45) is 0 Å². The lowest BCUT2D eigenvalue weighted by Gasteiger charge is -2.40. The summed E-state index contributed by atoms with van der Waals surface area (Å²) in [5, 5.41) is 11.9. The molecular formula is C23H24FN5O3S. The Kier molecular flexibility index (Phi) is 6.28. The van der Waals surface area contributed by atoms with Crippen molar-refractivity contribution in [3.05, 3.63) is 75.5 Å². The number of amides is 3. The van der Waals surface area contributed by atoms with Crippen molar-refractivity contribution >= 4 is 29.1 Å². The van der Waals surface area contributed by atoms with E-state index in [9.17, 15) is 18.8 Å². The van der Waals surface area contributed by atoms with E-state index in [2.05, 4.69) is 15.7 Å². The second-order valence-corrected chi connectivity index (χ2v) is 9.14. The molecule has 10 heteroatoms. The summed E-state index contributed by atoms with van der Waals surface area (Å²) in [6.45, 7) is 2.40. The van der Waals surface area contributed by atoms with Gasteiger partial charge in [-0.1, -0.05) is 18.2 Å². The van der Waals surface area contributed by atoms with Crippen LogP contribution in [0, 0.1) is 5.82 Å². The van der Waals surface area contributed by atoms with Gasteiger partial charge < -0.3 is 15.5 Å². The molecule has 33 heavy (non-hydrogen) atoms. The number of hydrogen-bond donors (Lipinski definition) is 2. The summed E-state index contributed by atoms with van der Waals surface area (Å²) >= 11 is 1.62. The Bertz CT molecular complexity index is 1180. The standard InChI is InChI=1S/C23H24FN5O3S/c1-23(22(32)26-13-15-5-7-16(24)8-6-15)14-29-19(21(31)28(23)2)12-18(27-29)20(30)25-10-9-17-4-3-11-33-17/h3-8,11-12H,9-10,13-14H2,1-2H3,(H,25,30)(H,26,32)/t23-/m1/s1. The average Bonchev–Trinajstić information content (AvgIpc) is 3.47. The zero-order chi connectivity index (χ0) is 23.6. The number of likely N-dealkylation sites (N-methyl/N-ethyl adjacent to an activating group) is 1. The quantitative estimate of drug-likeness (QED) is 0.555. The van der Waals surface area contributed by atoms with Crippen LogP contribution in [0.3, 0.4) is 0 Å². The van der Waals surface area contributed by atoms with Crippen LogP contribution in [0.1, 0.15) is 38.3 Å². The highest BCUT2D eigenvalue weighted by Gasteiger charge is 2.46. The molecule has 2 N–H and O–H groups in total. The van der Waals surface area contributed by atoms with Crippen LogP contribution >= 0.6 is 11.3 Å². The first kappa shape index (κ1) is 22.7. The van der Waals surface area contributed by atoms with E-state index in [4.69, 9.17) is 0 Å². The molecular weight excluding hydrogens is 445 g/mol. The van der Waals surface area contributed by atoms with Gasteiger partial charge in [0, 0.05) is 31.1 Å². The van der Waals surface area contributed by atoms with Crippen molar-refractivity contribution in [1.29, 1.82) is 0 Å². The van der Waals surface area contributed by atoms with Gasteiger partial charge in [0.2, 0.25) is 5.91 Å². The summed E-state index contributed by atoms with van der Waals surface area (Å²) in [4.78, 5) is 41.1. The first-order valence-electron chi connectivity index (χ1n) is 10.5. The van der Waals surface area contributed by atoms with Crippen LogP contribution in [0.25, 0.3) is 0 Å². The molecule has 8 nitrogen and oxygen atoms in total. The molecule has 1 atom stereocenters. The molecule has 1 aliphatic heterocycles. The maximum absolute atomic E-state index is 13.1. The van der Waals surface area contributed by atoms with Gasteiger partial charge in [-0.05, 0) is 42.5 Å². The first-order chi connectivity index (χ1) is 15.8. The molecule has 0 unspecified atom stereocenters. The lowest BCUT2D eigenvalue weighted by molar-refractivity contribution is -0.132. The summed E-state index contributed by atoms with van der Waals surface area (Å²) in [7, 11) is 1.55. The smallest absolute Gasteiger partial charge is 0.272 e. The van der Waals surface area contributed by atoms with E-state index in [0.717, 1.165) is 5.56 Å². The molecule has 0 spiro atoms. The lowest BCUT2D eigenvalue weighted by Crippen LogP contribution is -2.62. The van der Waals surface area contributed by atoms with Gasteiger partial charge in [0.25, 0.3) is 11.8 Å². The van der Waals surface area contributed by atoms with E-state index in [0.29, 0.717) is 13.0 Å². The number of nitrogens with zero attached hydrogens (tertiary/aromatic N) is 3. The third-order valence-corrected chi connectivity index (χ3v) is 6.76. The van der Waals surface area contributed by atoms with Gasteiger partial charge in [-0.25, -0.2) is 4.39 Å². The molecule has 0 aliphatic carbocycles. The highest BCUT2D eigenvalue weighted by Crippen LogP contribution is 2.26. The number of halogens is 1. The second-order valence-electron chi connectivity index (χ2n) is 8.10. The van der Waals surface area contributed by atoms with Gasteiger partial charge in [-0.15, -0.1) is 11.3 Å². The molecule has 3 amide bonds. The summed E-state index contributed by atoms with van der Waals surface area (Å²) in [5.41, 5.74) is -0.0821. The number of benzene rings is 1. The van der Waals surface area contributed by atoms with Crippen LogP contribution in [0.4, 0.5) is 4.39 Å². The van der Waals surface area contributed by atoms with E-state index in [-0.39, 0.29) is 42.1 Å². The zero-order valence-corrected chi connectivity index (χ0v) is 19.1. The van der Waals surface area contributed by atoms with Gasteiger partial charge in [-0.2, -0.15) is 5.10 Å². The molecule has 3 aromatic rings. The Morgan fingerprint density at radius 1 is 1.21 bits per heavy atom. The summed E-state index contributed by atoms with van der Waals surface area (Å²) in [6.07, 6.45) is 0.713. The number of carbonyl (C=O) groups excluding carboxylic acids is 3. The number of fused-ring (bicyclic) bond motifs is 1. The summed E-state index contributed by atoms with van der Waals surface area (Å²) in [5.74, 6) is -1.49. The molecule has 1 aromatic carbocycles. The van der Waals surface area contributed by atoms with E-state index in [1.54, 1.807) is 37.4 Å². The molecule has 172 valence electrons. The van der Waals surface area contributed by atoms with E-state index in [1.165, 1.54) is 32.7 Å². The SMILES string of the molecule is CN1C(=O)c2cc(C(=O)NCCc3cccs3)nn2C[C@]1(C)C(=O)NCc1ccc(F)cc1. The fourth-order valence-electron chi connectivity index (χ4n) is 3.66. The minimum Gasteiger partial charge on any atom is -0.350 e. The van der Waals surface area contributed by atoms with Crippen LogP contribution in [0.15, 0.2) is 47.8 Å². The largest absolute Gasteiger partial charge is 0.350 e. The third kappa shape index (κ3) is 4.65. The van der Waals surface area contributed by atoms with Crippen LogP contribution in [-0.4, -0.2) is 51.5 Å². The highest BCUT2D eigenvalue weighted by atomic mass is 32.1. The van der Waals surface area contributed by atoms with Gasteiger partial charge in [0.1, 0.15) is 17.1 Å². The molecule has 3 heterocycles. The van der Waals surface area contributed by atoms with Crippen molar-refractivity contribution in [1.82, 2.24) is 25.3 Å². The van der Waals surface area contributed by atoms with Crippen LogP contribution in [0.2, 0.25) is 0 Å². The van der Waals surface area contributed by atoms with Crippen LogP contribution in [0.5, 0.6) is 0 Å². The minimum atomic E-state index is -1.21. The van der Waals surface area contributed by atoms with Crippen molar-refractivity contribution in [3.8, 4) is 0 Å². The second kappa shape index (κ2) is 9.14. The molecule has 0 radical (unpaired) electrons. The average molecular weight is 470 g/mol. The topological polar surface area (TPSA) is 96.3 Å². The lowest BCUT2D eigenvalue weighted by atomic mass is 9.96. The summed E-state index contributed by atoms with van der Waals surface area (Å²) in [6, 6.07) is 11.2. The number of thiophene rings is 1. The zero-order valence-electron chi connectivity index (χ0n) is 18.3. The number of rotatable bonds is 7. The number of carbonyl (C=O) groups is 3. The van der Waals surface area contributed by atoms with E-state index < -0.39 is 11.4 Å². The first-order valence-corrected chi connectivity index (χ1v) is 11.4. The monoisotopic (exact) mass is 469 g/mol. The Balaban J connectivity index is 1.43. The molecule has 0 saturated carbocycles. The Hall–Kier alpha value is -3.53. The normalized spacial score (nSPS) is 17.5. The minimum absolute atomic E-state index is 0.0995. The van der Waals surface area contributed by atoms with E-state index >= 15 is 0 Å². The Morgan fingerprint density at radius 3 is 2.67 bits per heavy atom. The fourth-order valence-corrected chi connectivity index (χ4v) is 4.37. The van der Waals surface area contributed by atoms with Crippen molar-refractivity contribution < 1.29 is 18.8 Å². The van der Waals surface area contributed by atoms with E-state index in [1.807, 2.05) is 17.5 Å². The summed E-state index contributed by atoms with van der Waals surface area (Å²) < 4.78 is 14.5. The van der Waals surface area contributed by atoms with Crippen molar-refractivity contribution in [2.45, 2.75) is 32.0 Å². The molecule has 0 saturated heterocycles. The number of hydrogen-bond acceptors (Lipinski definition) is 5. The molecule has 1 aliphatic rings. The fraction of sp³-hybridized carbons (Fsp3) is 0.304. The van der Waals surface area contributed by atoms with Crippen LogP contribution < -0.4 is 10.6 Å². The number of nitrogens with one attached hydrogen (secondary N) is 2. The molecule has 0 bridgehead atoms. The van der Waals surface area contributed by atoms with Crippen molar-refractivity contribution in [3.63, 3.8) is 0 Å². The molecule has 0 fully saturated rings. The predicted octanol–water partition coefficient (Wildman–Crippen LogP) is 2.22. The van der Waals surface area contributed by atoms with Gasteiger partial charge >= 0.3 is 0 Å². The predicted molar refractivity (Wildman–Crippen MR) is 121 cm³/mol. The van der Waals surface area contributed by atoms with Gasteiger partial charge in [0.05, 0.1) is 6.54 Å². The Labute approximate surface area is 194 Å². The maximum atomic E-state index is 13.1. The molecule has 2 aromatic heterocycles. The number of aromatic nitrogens is 2. The highest BCUT2D eigenvalue weighted by molar-refractivity contribution is 7.09. The van der Waals surface area contributed by atoms with Crippen molar-refractivity contribution in [2.75, 3.05) is 13.6 Å². The third-order valence-electron chi connectivity index (χ3n) is 5.83. The van der Waals surface area contributed by atoms with Crippen LogP contribution in [-0.2, 0) is 24.3 Å². The Morgan fingerprint density at radius 2 is 1.97 bits per heavy atom. The maximum Gasteiger partial charge on any atom is 0.272 e. The molecule has 4 rings (SSSR count). The van der Waals surface area contributed by atoms with Gasteiger partial charge in [-0.3, -0.25) is 19.1 Å².